The van der Waals surface area contributed by atoms with E-state index in [9.17, 15) is 9.18 Å². The Morgan fingerprint density at radius 3 is 2.57 bits per heavy atom. The third-order valence-electron chi connectivity index (χ3n) is 7.23. The minimum atomic E-state index is -0.597. The second-order valence-electron chi connectivity index (χ2n) is 9.70. The van der Waals surface area contributed by atoms with Gasteiger partial charge in [0.25, 0.3) is 0 Å². The lowest BCUT2D eigenvalue weighted by atomic mass is 10.0. The van der Waals surface area contributed by atoms with Gasteiger partial charge in [0.05, 0.1) is 18.6 Å². The number of rotatable bonds is 8. The summed E-state index contributed by atoms with van der Waals surface area (Å²) in [5, 5.41) is 0. The van der Waals surface area contributed by atoms with E-state index in [0.29, 0.717) is 12.4 Å². The van der Waals surface area contributed by atoms with Gasteiger partial charge < -0.3 is 15.5 Å². The van der Waals surface area contributed by atoms with E-state index in [1.54, 1.807) is 18.3 Å². The van der Waals surface area contributed by atoms with Crippen molar-refractivity contribution in [2.75, 3.05) is 44.2 Å². The number of Topliss-reactive ketones (excluding diaryl/α,β-unsaturated/α-hetero) is 1. The van der Waals surface area contributed by atoms with E-state index in [-0.39, 0.29) is 24.2 Å². The smallest absolute Gasteiger partial charge is 0.168 e. The maximum atomic E-state index is 13.5. The van der Waals surface area contributed by atoms with Gasteiger partial charge in [-0.2, -0.15) is 0 Å². The Kier molecular flexibility index (Phi) is 8.84. The minimum Gasteiger partial charge on any atom is -0.369 e. The molecule has 1 fully saturated rings. The Hall–Kier alpha value is -3.36. The number of piperazine rings is 1. The molecule has 0 radical (unpaired) electrons. The second kappa shape index (κ2) is 12.3. The van der Waals surface area contributed by atoms with Crippen molar-refractivity contribution in [2.45, 2.75) is 39.3 Å². The van der Waals surface area contributed by atoms with Crippen molar-refractivity contribution in [2.24, 2.45) is 15.7 Å². The highest BCUT2D eigenvalue weighted by Crippen LogP contribution is 2.24. The number of hydrogen-bond donors (Lipinski definition) is 1. The average Bonchev–Trinajstić information content (AvgIpc) is 2.91. The lowest BCUT2D eigenvalue weighted by Gasteiger charge is -2.36. The van der Waals surface area contributed by atoms with Gasteiger partial charge in [-0.05, 0) is 55.2 Å². The molecule has 8 heteroatoms. The molecule has 2 N–H and O–H groups in total. The normalized spacial score (nSPS) is 19.4. The van der Waals surface area contributed by atoms with Crippen molar-refractivity contribution in [1.82, 2.24) is 9.80 Å². The summed E-state index contributed by atoms with van der Waals surface area (Å²) in [5.41, 5.74) is 11.2. The summed E-state index contributed by atoms with van der Waals surface area (Å²) in [6.45, 7) is 10.2. The molecular weight excluding hydrogens is 467 g/mol. The Morgan fingerprint density at radius 2 is 1.86 bits per heavy atom. The number of anilines is 1. The first-order valence-electron chi connectivity index (χ1n) is 13.0. The van der Waals surface area contributed by atoms with Crippen LogP contribution < -0.4 is 10.6 Å². The number of benzene rings is 2. The standard InChI is InChI=1S/C29H37FN6O/c1-4-25-18-32-12-13-36(25)29(28(31)23-8-10-24(30)11-9-23)33-19-26(37)20-34-14-16-35(17-15-34)27-7-5-6-21(2)22(27)3/h5-13,18,25,28H,4,14-17,19-20,31H2,1-3H3. The van der Waals surface area contributed by atoms with Crippen LogP contribution in [0.2, 0.25) is 0 Å². The Labute approximate surface area is 219 Å². The van der Waals surface area contributed by atoms with Crippen LogP contribution in [0.1, 0.15) is 36.1 Å². The highest BCUT2D eigenvalue weighted by molar-refractivity contribution is 5.94. The summed E-state index contributed by atoms with van der Waals surface area (Å²) in [6, 6.07) is 11.9. The summed E-state index contributed by atoms with van der Waals surface area (Å²) < 4.78 is 13.5. The number of aryl methyl sites for hydroxylation is 1. The Balaban J connectivity index is 1.41. The van der Waals surface area contributed by atoms with Gasteiger partial charge in [0.1, 0.15) is 18.2 Å². The number of carbonyl (C=O) groups excluding carboxylic acids is 1. The van der Waals surface area contributed by atoms with Gasteiger partial charge in [-0.25, -0.2) is 4.39 Å². The van der Waals surface area contributed by atoms with Crippen LogP contribution in [0.5, 0.6) is 0 Å². The molecule has 2 heterocycles. The fraction of sp³-hybridized carbons (Fsp3) is 0.414. The molecule has 37 heavy (non-hydrogen) atoms. The van der Waals surface area contributed by atoms with Crippen LogP contribution in [0, 0.1) is 19.7 Å². The molecule has 0 bridgehead atoms. The first kappa shape index (κ1) is 26.7. The molecule has 0 saturated carbocycles. The van der Waals surface area contributed by atoms with Crippen LogP contribution in [0.25, 0.3) is 0 Å². The molecule has 196 valence electrons. The molecule has 2 unspecified atom stereocenters. The molecule has 0 spiro atoms. The molecule has 2 aromatic carbocycles. The first-order chi connectivity index (χ1) is 17.9. The van der Waals surface area contributed by atoms with Crippen LogP contribution in [-0.4, -0.2) is 72.9 Å². The third kappa shape index (κ3) is 6.50. The van der Waals surface area contributed by atoms with E-state index in [2.05, 4.69) is 53.8 Å². The fourth-order valence-corrected chi connectivity index (χ4v) is 4.84. The molecule has 1 saturated heterocycles. The van der Waals surface area contributed by atoms with E-state index in [1.807, 2.05) is 17.3 Å². The van der Waals surface area contributed by atoms with Crippen molar-refractivity contribution in [3.05, 3.63) is 77.4 Å². The zero-order valence-corrected chi connectivity index (χ0v) is 22.0. The van der Waals surface area contributed by atoms with Crippen molar-refractivity contribution >= 4 is 23.5 Å². The van der Waals surface area contributed by atoms with Crippen molar-refractivity contribution in [1.29, 1.82) is 0 Å². The van der Waals surface area contributed by atoms with Gasteiger partial charge in [-0.3, -0.25) is 19.7 Å². The second-order valence-corrected chi connectivity index (χ2v) is 9.70. The van der Waals surface area contributed by atoms with Crippen LogP contribution in [0.15, 0.2) is 64.8 Å². The van der Waals surface area contributed by atoms with Gasteiger partial charge in [-0.1, -0.05) is 31.2 Å². The number of ketones is 1. The van der Waals surface area contributed by atoms with Crippen LogP contribution in [0.4, 0.5) is 10.1 Å². The van der Waals surface area contributed by atoms with Crippen LogP contribution in [-0.2, 0) is 4.79 Å². The lowest BCUT2D eigenvalue weighted by molar-refractivity contribution is -0.118. The van der Waals surface area contributed by atoms with E-state index >= 15 is 0 Å². The van der Waals surface area contributed by atoms with Crippen LogP contribution in [0.3, 0.4) is 0 Å². The molecule has 2 aliphatic heterocycles. The molecule has 2 aliphatic rings. The third-order valence-corrected chi connectivity index (χ3v) is 7.23. The van der Waals surface area contributed by atoms with Gasteiger partial charge in [0, 0.05) is 50.5 Å². The van der Waals surface area contributed by atoms with Gasteiger partial charge in [0.15, 0.2) is 5.78 Å². The van der Waals surface area contributed by atoms with Crippen molar-refractivity contribution in [3.63, 3.8) is 0 Å². The number of halogens is 1. The fourth-order valence-electron chi connectivity index (χ4n) is 4.84. The summed E-state index contributed by atoms with van der Waals surface area (Å²) in [6.07, 6.45) is 6.19. The molecule has 4 rings (SSSR count). The van der Waals surface area contributed by atoms with E-state index < -0.39 is 6.04 Å². The number of hydrogen-bond acceptors (Lipinski definition) is 6. The zero-order valence-electron chi connectivity index (χ0n) is 22.0. The molecule has 0 amide bonds. The molecule has 2 atom stereocenters. The van der Waals surface area contributed by atoms with Gasteiger partial charge >= 0.3 is 0 Å². The monoisotopic (exact) mass is 504 g/mol. The molecule has 2 aromatic rings. The van der Waals surface area contributed by atoms with Gasteiger partial charge in [0.2, 0.25) is 0 Å². The zero-order chi connectivity index (χ0) is 26.4. The average molecular weight is 505 g/mol. The quantitative estimate of drug-likeness (QED) is 0.436. The van der Waals surface area contributed by atoms with E-state index in [4.69, 9.17) is 10.7 Å². The SMILES string of the molecule is CCC1C=NC=CN1C(=NCC(=O)CN1CCN(c2cccc(C)c2C)CC1)C(N)c1ccc(F)cc1. The maximum absolute atomic E-state index is 13.5. The first-order valence-corrected chi connectivity index (χ1v) is 13.0. The number of nitrogens with two attached hydrogens (primary N) is 1. The van der Waals surface area contributed by atoms with Crippen molar-refractivity contribution < 1.29 is 9.18 Å². The van der Waals surface area contributed by atoms with Crippen LogP contribution >= 0.6 is 0 Å². The highest BCUT2D eigenvalue weighted by Gasteiger charge is 2.26. The minimum absolute atomic E-state index is 0.0106. The number of amidine groups is 1. The summed E-state index contributed by atoms with van der Waals surface area (Å²) in [5.74, 6) is 0.305. The maximum Gasteiger partial charge on any atom is 0.168 e. The topological polar surface area (TPSA) is 77.5 Å². The molecule has 0 aromatic heterocycles. The largest absolute Gasteiger partial charge is 0.369 e. The van der Waals surface area contributed by atoms with E-state index in [1.165, 1.54) is 28.9 Å². The van der Waals surface area contributed by atoms with Crippen molar-refractivity contribution in [3.8, 4) is 0 Å². The summed E-state index contributed by atoms with van der Waals surface area (Å²) in [7, 11) is 0. The van der Waals surface area contributed by atoms with E-state index in [0.717, 1.165) is 38.2 Å². The number of nitrogens with zero attached hydrogens (tertiary/aromatic N) is 5. The molecule has 7 nitrogen and oxygen atoms in total. The Morgan fingerprint density at radius 1 is 1.14 bits per heavy atom. The summed E-state index contributed by atoms with van der Waals surface area (Å²) in [4.78, 5) is 28.5. The Bertz CT molecular complexity index is 1170. The summed E-state index contributed by atoms with van der Waals surface area (Å²) >= 11 is 0. The highest BCUT2D eigenvalue weighted by atomic mass is 19.1. The number of carbonyl (C=O) groups is 1. The predicted molar refractivity (Wildman–Crippen MR) is 149 cm³/mol. The number of aliphatic imine (C=N–C) groups is 2. The molecule has 0 aliphatic carbocycles. The lowest BCUT2D eigenvalue weighted by Crippen LogP contribution is -2.48. The molecular formula is C29H37FN6O. The van der Waals surface area contributed by atoms with Gasteiger partial charge in [-0.15, -0.1) is 0 Å². The predicted octanol–water partition coefficient (Wildman–Crippen LogP) is 3.87.